The normalized spacial score (nSPS) is 31.9. The molecule has 13 heavy (non-hydrogen) atoms. The van der Waals surface area contributed by atoms with E-state index in [4.69, 9.17) is 5.73 Å². The molecule has 2 atom stereocenters. The van der Waals surface area contributed by atoms with Crippen molar-refractivity contribution < 1.29 is 4.79 Å². The van der Waals surface area contributed by atoms with Gasteiger partial charge >= 0.3 is 0 Å². The lowest BCUT2D eigenvalue weighted by molar-refractivity contribution is -0.118. The molecule has 0 heterocycles. The SMILES string of the molecule is CC1CCC(CCC(N)=O)C1(C)C. The number of hydrogen-bond acceptors (Lipinski definition) is 1. The van der Waals surface area contributed by atoms with Crippen molar-refractivity contribution in [1.29, 1.82) is 0 Å². The smallest absolute Gasteiger partial charge is 0.217 e. The molecule has 1 saturated carbocycles. The van der Waals surface area contributed by atoms with E-state index >= 15 is 0 Å². The van der Waals surface area contributed by atoms with E-state index in [1.807, 2.05) is 0 Å². The van der Waals surface area contributed by atoms with E-state index in [1.54, 1.807) is 0 Å². The summed E-state index contributed by atoms with van der Waals surface area (Å²) in [4.78, 5) is 10.7. The van der Waals surface area contributed by atoms with Crippen LogP contribution < -0.4 is 5.73 Å². The van der Waals surface area contributed by atoms with Crippen molar-refractivity contribution in [1.82, 2.24) is 0 Å². The van der Waals surface area contributed by atoms with Crippen LogP contribution in [0.3, 0.4) is 0 Å². The molecule has 0 aromatic carbocycles. The average Bonchev–Trinajstić information content (AvgIpc) is 2.25. The topological polar surface area (TPSA) is 43.1 Å². The summed E-state index contributed by atoms with van der Waals surface area (Å²) in [7, 11) is 0. The van der Waals surface area contributed by atoms with Crippen LogP contribution in [0.5, 0.6) is 0 Å². The van der Waals surface area contributed by atoms with Gasteiger partial charge in [-0.25, -0.2) is 0 Å². The molecule has 2 unspecified atom stereocenters. The third-order valence-corrected chi connectivity index (χ3v) is 4.01. The molecule has 2 heteroatoms. The molecule has 1 fully saturated rings. The monoisotopic (exact) mass is 183 g/mol. The van der Waals surface area contributed by atoms with E-state index in [2.05, 4.69) is 20.8 Å². The maximum Gasteiger partial charge on any atom is 0.217 e. The molecule has 0 aromatic heterocycles. The lowest BCUT2D eigenvalue weighted by Gasteiger charge is -2.31. The van der Waals surface area contributed by atoms with Gasteiger partial charge in [-0.1, -0.05) is 20.8 Å². The van der Waals surface area contributed by atoms with Crippen LogP contribution >= 0.6 is 0 Å². The summed E-state index contributed by atoms with van der Waals surface area (Å²) in [6, 6.07) is 0. The molecule has 0 radical (unpaired) electrons. The number of carbonyl (C=O) groups is 1. The van der Waals surface area contributed by atoms with Crippen LogP contribution in [0, 0.1) is 17.3 Å². The molecule has 0 aliphatic heterocycles. The molecule has 1 aliphatic rings. The standard InChI is InChI=1S/C11H21NO/c1-8-4-5-9(11(8,2)3)6-7-10(12)13/h8-9H,4-7H2,1-3H3,(H2,12,13). The van der Waals surface area contributed by atoms with E-state index < -0.39 is 0 Å². The zero-order valence-corrected chi connectivity index (χ0v) is 8.97. The molecule has 76 valence electrons. The third kappa shape index (κ3) is 2.23. The molecule has 0 aromatic rings. The Balaban J connectivity index is 2.47. The Bertz CT molecular complexity index is 198. The van der Waals surface area contributed by atoms with Gasteiger partial charge in [0.1, 0.15) is 0 Å². The first-order valence-electron chi connectivity index (χ1n) is 5.23. The number of amides is 1. The Labute approximate surface area is 80.9 Å². The summed E-state index contributed by atoms with van der Waals surface area (Å²) in [5.74, 6) is 1.32. The highest BCUT2D eigenvalue weighted by Gasteiger charge is 2.39. The van der Waals surface area contributed by atoms with Gasteiger partial charge < -0.3 is 5.73 Å². The predicted octanol–water partition coefficient (Wildman–Crippen LogP) is 2.32. The number of hydrogen-bond donors (Lipinski definition) is 1. The fourth-order valence-corrected chi connectivity index (χ4v) is 2.43. The number of nitrogens with two attached hydrogens (primary N) is 1. The first kappa shape index (κ1) is 10.6. The van der Waals surface area contributed by atoms with Crippen LogP contribution in [0.1, 0.15) is 46.5 Å². The summed E-state index contributed by atoms with van der Waals surface area (Å²) >= 11 is 0. The molecule has 0 spiro atoms. The van der Waals surface area contributed by atoms with Crippen LogP contribution in [0.15, 0.2) is 0 Å². The van der Waals surface area contributed by atoms with Crippen molar-refractivity contribution in [3.05, 3.63) is 0 Å². The second kappa shape index (κ2) is 3.69. The number of rotatable bonds is 3. The van der Waals surface area contributed by atoms with Gasteiger partial charge in [0.25, 0.3) is 0 Å². The average molecular weight is 183 g/mol. The number of carbonyl (C=O) groups excluding carboxylic acids is 1. The Morgan fingerprint density at radius 1 is 1.46 bits per heavy atom. The highest BCUT2D eigenvalue weighted by atomic mass is 16.1. The maximum atomic E-state index is 10.7. The van der Waals surface area contributed by atoms with Crippen molar-refractivity contribution in [2.24, 2.45) is 23.0 Å². The van der Waals surface area contributed by atoms with Gasteiger partial charge in [-0.15, -0.1) is 0 Å². The van der Waals surface area contributed by atoms with E-state index in [0.29, 0.717) is 17.8 Å². The second-order valence-corrected chi connectivity index (χ2v) is 5.00. The van der Waals surface area contributed by atoms with E-state index in [-0.39, 0.29) is 5.91 Å². The van der Waals surface area contributed by atoms with Gasteiger partial charge in [-0.3, -0.25) is 4.79 Å². The summed E-state index contributed by atoms with van der Waals surface area (Å²) in [6.07, 6.45) is 4.10. The fraction of sp³-hybridized carbons (Fsp3) is 0.909. The van der Waals surface area contributed by atoms with Crippen molar-refractivity contribution in [2.45, 2.75) is 46.5 Å². The largest absolute Gasteiger partial charge is 0.370 e. The minimum atomic E-state index is -0.157. The minimum Gasteiger partial charge on any atom is -0.370 e. The molecule has 2 nitrogen and oxygen atoms in total. The first-order chi connectivity index (χ1) is 5.94. The Hall–Kier alpha value is -0.530. The van der Waals surface area contributed by atoms with Crippen LogP contribution in [0.4, 0.5) is 0 Å². The van der Waals surface area contributed by atoms with Crippen LogP contribution in [-0.4, -0.2) is 5.91 Å². The van der Waals surface area contributed by atoms with Crippen LogP contribution in [0.25, 0.3) is 0 Å². The van der Waals surface area contributed by atoms with Gasteiger partial charge in [0.15, 0.2) is 0 Å². The lowest BCUT2D eigenvalue weighted by atomic mass is 9.74. The highest BCUT2D eigenvalue weighted by molar-refractivity contribution is 5.73. The number of primary amides is 1. The zero-order chi connectivity index (χ0) is 10.1. The quantitative estimate of drug-likeness (QED) is 0.717. The second-order valence-electron chi connectivity index (χ2n) is 5.00. The predicted molar refractivity (Wildman–Crippen MR) is 54.1 cm³/mol. The summed E-state index contributed by atoms with van der Waals surface area (Å²) in [5.41, 5.74) is 5.55. The fourth-order valence-electron chi connectivity index (χ4n) is 2.43. The van der Waals surface area contributed by atoms with Crippen molar-refractivity contribution in [2.75, 3.05) is 0 Å². The Morgan fingerprint density at radius 2 is 2.08 bits per heavy atom. The molecule has 2 N–H and O–H groups in total. The van der Waals surface area contributed by atoms with Gasteiger partial charge in [-0.2, -0.15) is 0 Å². The van der Waals surface area contributed by atoms with Gasteiger partial charge in [0, 0.05) is 6.42 Å². The third-order valence-electron chi connectivity index (χ3n) is 4.01. The molecule has 1 rings (SSSR count). The van der Waals surface area contributed by atoms with Crippen molar-refractivity contribution in [3.8, 4) is 0 Å². The maximum absolute atomic E-state index is 10.7. The van der Waals surface area contributed by atoms with Crippen LogP contribution in [-0.2, 0) is 4.79 Å². The van der Waals surface area contributed by atoms with Gasteiger partial charge in [0.05, 0.1) is 0 Å². The zero-order valence-electron chi connectivity index (χ0n) is 8.97. The highest BCUT2D eigenvalue weighted by Crippen LogP contribution is 2.48. The van der Waals surface area contributed by atoms with Gasteiger partial charge in [0.2, 0.25) is 5.91 Å². The molecule has 1 aliphatic carbocycles. The lowest BCUT2D eigenvalue weighted by Crippen LogP contribution is -2.24. The van der Waals surface area contributed by atoms with E-state index in [0.717, 1.165) is 12.3 Å². The molecule has 0 saturated heterocycles. The van der Waals surface area contributed by atoms with Crippen molar-refractivity contribution >= 4 is 5.91 Å². The molecular weight excluding hydrogens is 162 g/mol. The summed E-state index contributed by atoms with van der Waals surface area (Å²) in [5, 5.41) is 0. The summed E-state index contributed by atoms with van der Waals surface area (Å²) in [6.45, 7) is 6.94. The first-order valence-corrected chi connectivity index (χ1v) is 5.23. The van der Waals surface area contributed by atoms with Crippen molar-refractivity contribution in [3.63, 3.8) is 0 Å². The van der Waals surface area contributed by atoms with E-state index in [1.165, 1.54) is 12.8 Å². The van der Waals surface area contributed by atoms with Gasteiger partial charge in [-0.05, 0) is 36.5 Å². The van der Waals surface area contributed by atoms with Crippen LogP contribution in [0.2, 0.25) is 0 Å². The molecular formula is C11H21NO. The molecule has 0 bridgehead atoms. The summed E-state index contributed by atoms with van der Waals surface area (Å²) < 4.78 is 0. The Morgan fingerprint density at radius 3 is 2.46 bits per heavy atom. The van der Waals surface area contributed by atoms with E-state index in [9.17, 15) is 4.79 Å². The minimum absolute atomic E-state index is 0.157. The Kier molecular flexibility index (Phi) is 2.99. The molecule has 1 amide bonds.